The largest absolute Gasteiger partial charge is 0.317 e. The highest BCUT2D eigenvalue weighted by molar-refractivity contribution is 8.27. The average molecular weight is 369 g/mol. The van der Waals surface area contributed by atoms with Crippen molar-refractivity contribution in [2.45, 2.75) is 13.3 Å². The van der Waals surface area contributed by atoms with Crippen LogP contribution in [0.5, 0.6) is 0 Å². The van der Waals surface area contributed by atoms with Crippen molar-refractivity contribution in [3.05, 3.63) is 54.1 Å². The van der Waals surface area contributed by atoms with Crippen LogP contribution in [0.25, 0.3) is 0 Å². The molecule has 0 bridgehead atoms. The van der Waals surface area contributed by atoms with E-state index in [9.17, 15) is 17.9 Å². The lowest BCUT2D eigenvalue weighted by Gasteiger charge is -2.43. The van der Waals surface area contributed by atoms with E-state index < -0.39 is 22.6 Å². The third-order valence-electron chi connectivity index (χ3n) is 4.00. The molecule has 5 nitrogen and oxygen atoms in total. The highest BCUT2D eigenvalue weighted by atomic mass is 32.3. The number of benzene rings is 2. The van der Waals surface area contributed by atoms with Crippen molar-refractivity contribution in [2.24, 2.45) is 0 Å². The number of fused-ring (bicyclic) bond motifs is 1. The first-order valence-corrected chi connectivity index (χ1v) is 9.54. The molecule has 1 aliphatic heterocycles. The fourth-order valence-electron chi connectivity index (χ4n) is 2.88. The van der Waals surface area contributed by atoms with Crippen molar-refractivity contribution >= 4 is 28.0 Å². The maximum atomic E-state index is 14.3. The first kappa shape index (κ1) is 17.9. The molecule has 0 amide bonds. The molecule has 2 aromatic rings. The van der Waals surface area contributed by atoms with Crippen molar-refractivity contribution in [3.63, 3.8) is 0 Å². The number of anilines is 3. The number of hydrogen-bond acceptors (Lipinski definition) is 5. The maximum absolute atomic E-state index is 14.3. The van der Waals surface area contributed by atoms with Crippen LogP contribution in [0.1, 0.15) is 13.3 Å². The highest BCUT2D eigenvalue weighted by Gasteiger charge is 2.42. The van der Waals surface area contributed by atoms with E-state index in [-0.39, 0.29) is 5.69 Å². The number of rotatable bonds is 6. The summed E-state index contributed by atoms with van der Waals surface area (Å²) in [5.41, 5.74) is 1.03. The van der Waals surface area contributed by atoms with Crippen LogP contribution < -0.4 is 13.9 Å². The third kappa shape index (κ3) is 3.30. The molecule has 8 heteroatoms. The SMILES string of the molecule is CCNCCCN1c2ccccc2N(c2ccc(F)cc2F)S1(O)O. The van der Waals surface area contributed by atoms with Gasteiger partial charge in [-0.2, -0.15) is 0 Å². The Morgan fingerprint density at radius 2 is 1.76 bits per heavy atom. The highest BCUT2D eigenvalue weighted by Crippen LogP contribution is 2.64. The van der Waals surface area contributed by atoms with E-state index in [0.717, 1.165) is 29.5 Å². The summed E-state index contributed by atoms with van der Waals surface area (Å²) in [4.78, 5) is 0. The zero-order valence-corrected chi connectivity index (χ0v) is 14.6. The molecule has 0 saturated carbocycles. The summed E-state index contributed by atoms with van der Waals surface area (Å²) in [6, 6.07) is 10.0. The Labute approximate surface area is 147 Å². The van der Waals surface area contributed by atoms with Gasteiger partial charge in [-0.05, 0) is 54.7 Å². The van der Waals surface area contributed by atoms with Gasteiger partial charge in [0.15, 0.2) is 5.82 Å². The van der Waals surface area contributed by atoms with Crippen LogP contribution >= 0.6 is 11.0 Å². The van der Waals surface area contributed by atoms with E-state index in [2.05, 4.69) is 5.32 Å². The number of nitrogens with one attached hydrogen (secondary N) is 1. The van der Waals surface area contributed by atoms with E-state index >= 15 is 0 Å². The molecule has 0 unspecified atom stereocenters. The molecular weight excluding hydrogens is 348 g/mol. The Bertz CT molecular complexity index is 760. The molecule has 3 rings (SSSR count). The van der Waals surface area contributed by atoms with Gasteiger partial charge in [-0.15, -0.1) is 0 Å². The van der Waals surface area contributed by atoms with Crippen molar-refractivity contribution < 1.29 is 17.9 Å². The standard InChI is InChI=1S/C17H21F2N3O2S/c1-2-20-10-5-11-21-16-6-3-4-7-17(16)22(25(21,23)24)15-9-8-13(18)12-14(15)19/h3-4,6-9,12,20,23-24H,2,5,10-11H2,1H3. The number of nitrogens with zero attached hydrogens (tertiary/aromatic N) is 2. The molecular formula is C17H21F2N3O2S. The molecule has 2 aromatic carbocycles. The summed E-state index contributed by atoms with van der Waals surface area (Å²) < 4.78 is 51.9. The Morgan fingerprint density at radius 1 is 1.04 bits per heavy atom. The summed E-state index contributed by atoms with van der Waals surface area (Å²) in [6.45, 7) is 3.96. The molecule has 3 N–H and O–H groups in total. The van der Waals surface area contributed by atoms with Gasteiger partial charge in [-0.1, -0.05) is 19.1 Å². The van der Waals surface area contributed by atoms with Gasteiger partial charge in [0.05, 0.1) is 11.4 Å². The average Bonchev–Trinajstić information content (AvgIpc) is 2.79. The molecule has 0 radical (unpaired) electrons. The monoisotopic (exact) mass is 369 g/mol. The predicted octanol–water partition coefficient (Wildman–Crippen LogP) is 4.50. The Hall–Kier alpha value is -1.87. The topological polar surface area (TPSA) is 59.0 Å². The van der Waals surface area contributed by atoms with E-state index in [1.807, 2.05) is 6.92 Å². The summed E-state index contributed by atoms with van der Waals surface area (Å²) in [5, 5.41) is 3.19. The summed E-state index contributed by atoms with van der Waals surface area (Å²) in [7, 11) is -3.49. The summed E-state index contributed by atoms with van der Waals surface area (Å²) in [5.74, 6) is -1.56. The molecule has 0 atom stereocenters. The van der Waals surface area contributed by atoms with Gasteiger partial charge < -0.3 is 5.32 Å². The maximum Gasteiger partial charge on any atom is 0.151 e. The van der Waals surface area contributed by atoms with Gasteiger partial charge in [-0.25, -0.2) is 13.1 Å². The van der Waals surface area contributed by atoms with Crippen molar-refractivity contribution in [1.82, 2.24) is 5.32 Å². The van der Waals surface area contributed by atoms with E-state index in [4.69, 9.17) is 0 Å². The summed E-state index contributed by atoms with van der Waals surface area (Å²) >= 11 is 0. The van der Waals surface area contributed by atoms with Gasteiger partial charge in [-0.3, -0.25) is 13.4 Å². The lowest BCUT2D eigenvalue weighted by atomic mass is 10.2. The predicted molar refractivity (Wildman–Crippen MR) is 98.3 cm³/mol. The Morgan fingerprint density at radius 3 is 2.44 bits per heavy atom. The first-order valence-electron chi connectivity index (χ1n) is 8.07. The molecule has 136 valence electrons. The van der Waals surface area contributed by atoms with Crippen molar-refractivity contribution in [2.75, 3.05) is 28.2 Å². The minimum Gasteiger partial charge on any atom is -0.317 e. The molecule has 1 heterocycles. The van der Waals surface area contributed by atoms with E-state index in [1.165, 1.54) is 10.4 Å². The van der Waals surface area contributed by atoms with Gasteiger partial charge in [0.1, 0.15) is 11.5 Å². The Balaban J connectivity index is 1.99. The van der Waals surface area contributed by atoms with Crippen LogP contribution in [0, 0.1) is 11.6 Å². The second kappa shape index (κ2) is 7.17. The van der Waals surface area contributed by atoms with Crippen LogP contribution in [-0.4, -0.2) is 28.7 Å². The normalized spacial score (nSPS) is 16.8. The fraction of sp³-hybridized carbons (Fsp3) is 0.294. The van der Waals surface area contributed by atoms with E-state index in [1.54, 1.807) is 24.3 Å². The van der Waals surface area contributed by atoms with Gasteiger partial charge in [0, 0.05) is 12.6 Å². The lowest BCUT2D eigenvalue weighted by molar-refractivity contribution is 0.482. The molecule has 1 aliphatic rings. The van der Waals surface area contributed by atoms with Crippen molar-refractivity contribution in [3.8, 4) is 0 Å². The van der Waals surface area contributed by atoms with E-state index in [0.29, 0.717) is 24.3 Å². The Kier molecular flexibility index (Phi) is 5.14. The van der Waals surface area contributed by atoms with Gasteiger partial charge >= 0.3 is 0 Å². The van der Waals surface area contributed by atoms with Crippen LogP contribution in [0.4, 0.5) is 25.8 Å². The molecule has 0 saturated heterocycles. The van der Waals surface area contributed by atoms with Crippen LogP contribution in [0.15, 0.2) is 42.5 Å². The summed E-state index contributed by atoms with van der Waals surface area (Å²) in [6.07, 6.45) is 0.692. The minimum atomic E-state index is -3.49. The number of para-hydroxylation sites is 2. The lowest BCUT2D eigenvalue weighted by Crippen LogP contribution is -2.33. The third-order valence-corrected chi connectivity index (χ3v) is 5.86. The number of hydrogen-bond donors (Lipinski definition) is 3. The molecule has 0 aliphatic carbocycles. The molecule has 0 fully saturated rings. The van der Waals surface area contributed by atoms with Crippen LogP contribution in [0.2, 0.25) is 0 Å². The van der Waals surface area contributed by atoms with Crippen LogP contribution in [-0.2, 0) is 0 Å². The van der Waals surface area contributed by atoms with Gasteiger partial charge in [0.2, 0.25) is 0 Å². The smallest absolute Gasteiger partial charge is 0.151 e. The van der Waals surface area contributed by atoms with Crippen molar-refractivity contribution in [1.29, 1.82) is 0 Å². The van der Waals surface area contributed by atoms with Crippen LogP contribution in [0.3, 0.4) is 0 Å². The second-order valence-corrected chi connectivity index (χ2v) is 7.46. The molecule has 0 spiro atoms. The quantitative estimate of drug-likeness (QED) is 0.655. The fourth-order valence-corrected chi connectivity index (χ4v) is 4.70. The zero-order valence-electron chi connectivity index (χ0n) is 13.8. The first-order chi connectivity index (χ1) is 12.0. The second-order valence-electron chi connectivity index (χ2n) is 5.68. The minimum absolute atomic E-state index is 0.0666. The van der Waals surface area contributed by atoms with Gasteiger partial charge in [0.25, 0.3) is 0 Å². The molecule has 0 aromatic heterocycles. The number of halogens is 2. The molecule has 25 heavy (non-hydrogen) atoms. The zero-order chi connectivity index (χ0) is 18.0.